The minimum Gasteiger partial charge on any atom is -0.481 e. The van der Waals surface area contributed by atoms with Crippen molar-refractivity contribution < 1.29 is 14.7 Å². The number of rotatable bonds is 9. The van der Waals surface area contributed by atoms with Crippen molar-refractivity contribution in [1.82, 2.24) is 15.1 Å². The average molecular weight is 331 g/mol. The lowest BCUT2D eigenvalue weighted by molar-refractivity contribution is -0.136. The van der Waals surface area contributed by atoms with E-state index >= 15 is 0 Å². The van der Waals surface area contributed by atoms with Crippen LogP contribution in [0.3, 0.4) is 0 Å². The first-order chi connectivity index (χ1) is 9.84. The van der Waals surface area contributed by atoms with Gasteiger partial charge in [-0.05, 0) is 26.8 Å². The van der Waals surface area contributed by atoms with Gasteiger partial charge >= 0.3 is 5.97 Å². The third kappa shape index (κ3) is 6.01. The molecule has 0 aliphatic rings. The summed E-state index contributed by atoms with van der Waals surface area (Å²) in [6.07, 6.45) is 1.96. The predicted octanol–water partition coefficient (Wildman–Crippen LogP) is 1.90. The van der Waals surface area contributed by atoms with Crippen molar-refractivity contribution in [3.05, 3.63) is 18.0 Å². The Labute approximate surface area is 132 Å². The number of carboxylic acids is 1. The average Bonchev–Trinajstić information content (AvgIpc) is 2.84. The molecule has 1 aromatic rings. The van der Waals surface area contributed by atoms with E-state index in [1.54, 1.807) is 21.7 Å². The molecule has 1 amide bonds. The van der Waals surface area contributed by atoms with E-state index in [1.807, 2.05) is 26.8 Å². The number of aryl methyl sites for hydroxylation is 1. The summed E-state index contributed by atoms with van der Waals surface area (Å²) >= 11 is 0. The lowest BCUT2D eigenvalue weighted by Gasteiger charge is -2.24. The Morgan fingerprint density at radius 1 is 1.38 bits per heavy atom. The van der Waals surface area contributed by atoms with Gasteiger partial charge in [0.15, 0.2) is 0 Å². The van der Waals surface area contributed by atoms with E-state index in [4.69, 9.17) is 5.11 Å². The molecular formula is C13H21N3O3S2. The third-order valence-corrected chi connectivity index (χ3v) is 5.21. The van der Waals surface area contributed by atoms with Crippen LogP contribution >= 0.6 is 21.6 Å². The van der Waals surface area contributed by atoms with Crippen LogP contribution in [-0.2, 0) is 15.1 Å². The number of amides is 1. The number of hydrogen-bond acceptors (Lipinski definition) is 5. The van der Waals surface area contributed by atoms with Gasteiger partial charge in [0.2, 0.25) is 5.91 Å². The summed E-state index contributed by atoms with van der Waals surface area (Å²) in [5, 5.41) is 15.7. The molecule has 1 aromatic heterocycles. The first kappa shape index (κ1) is 17.9. The van der Waals surface area contributed by atoms with Gasteiger partial charge in [-0.15, -0.1) is 0 Å². The lowest BCUT2D eigenvalue weighted by Crippen LogP contribution is -2.45. The number of aromatic nitrogens is 2. The van der Waals surface area contributed by atoms with Gasteiger partial charge in [-0.25, -0.2) is 0 Å². The molecule has 0 spiro atoms. The second-order valence-electron chi connectivity index (χ2n) is 5.00. The molecule has 0 fully saturated rings. The summed E-state index contributed by atoms with van der Waals surface area (Å²) in [5.41, 5.74) is 0.149. The Hall–Kier alpha value is -1.15. The Balaban J connectivity index is 2.25. The summed E-state index contributed by atoms with van der Waals surface area (Å²) < 4.78 is 1.66. The molecule has 1 rings (SSSR count). The first-order valence-corrected chi connectivity index (χ1v) is 9.10. The van der Waals surface area contributed by atoms with Gasteiger partial charge in [0.1, 0.15) is 5.54 Å². The number of nitrogens with one attached hydrogen (secondary N) is 1. The van der Waals surface area contributed by atoms with Crippen LogP contribution in [0.2, 0.25) is 0 Å². The quantitative estimate of drug-likeness (QED) is 0.531. The maximum absolute atomic E-state index is 12.2. The molecule has 6 nitrogen and oxygen atoms in total. The van der Waals surface area contributed by atoms with E-state index in [-0.39, 0.29) is 12.3 Å². The zero-order chi connectivity index (χ0) is 15.9. The minimum absolute atomic E-state index is 0.0817. The molecule has 2 N–H and O–H groups in total. The van der Waals surface area contributed by atoms with E-state index < -0.39 is 11.5 Å². The Morgan fingerprint density at radius 2 is 2.05 bits per heavy atom. The smallest absolute Gasteiger partial charge is 0.304 e. The molecule has 0 saturated carbocycles. The molecule has 0 saturated heterocycles. The van der Waals surface area contributed by atoms with E-state index in [9.17, 15) is 9.59 Å². The standard InChI is InChI=1S/C13H21N3O3S2/c1-10-4-7-16(15-10)13(2,3)12(19)14-6-9-21-20-8-5-11(17)18/h4,7H,5-6,8-9H2,1-3H3,(H,14,19)(H,17,18). The number of aliphatic carboxylic acids is 1. The van der Waals surface area contributed by atoms with Gasteiger partial charge in [0.05, 0.1) is 12.1 Å². The summed E-state index contributed by atoms with van der Waals surface area (Å²) in [6, 6.07) is 1.87. The molecule has 1 heterocycles. The molecule has 8 heteroatoms. The predicted molar refractivity (Wildman–Crippen MR) is 86.5 cm³/mol. The van der Waals surface area contributed by atoms with Crippen LogP contribution in [0.25, 0.3) is 0 Å². The van der Waals surface area contributed by atoms with E-state index in [2.05, 4.69) is 10.4 Å². The van der Waals surface area contributed by atoms with Crippen molar-refractivity contribution >= 4 is 33.5 Å². The Bertz CT molecular complexity index is 489. The number of hydrogen-bond donors (Lipinski definition) is 2. The number of carbonyl (C=O) groups is 2. The van der Waals surface area contributed by atoms with Crippen molar-refractivity contribution in [3.8, 4) is 0 Å². The van der Waals surface area contributed by atoms with Gasteiger partial charge in [0.25, 0.3) is 0 Å². The molecule has 0 unspecified atom stereocenters. The van der Waals surface area contributed by atoms with Crippen molar-refractivity contribution in [2.24, 2.45) is 0 Å². The highest BCUT2D eigenvalue weighted by atomic mass is 33.1. The van der Waals surface area contributed by atoms with Crippen LogP contribution in [-0.4, -0.2) is 44.8 Å². The molecule has 0 atom stereocenters. The Kier molecular flexibility index (Phi) is 7.10. The van der Waals surface area contributed by atoms with Crippen molar-refractivity contribution in [2.75, 3.05) is 18.1 Å². The van der Waals surface area contributed by atoms with Crippen LogP contribution in [0, 0.1) is 6.92 Å². The normalized spacial score (nSPS) is 11.4. The molecule has 118 valence electrons. The number of carbonyl (C=O) groups excluding carboxylic acids is 1. The van der Waals surface area contributed by atoms with E-state index in [0.717, 1.165) is 11.4 Å². The molecule has 0 aromatic carbocycles. The number of carboxylic acid groups (broad SMARTS) is 1. The first-order valence-electron chi connectivity index (χ1n) is 6.61. The Morgan fingerprint density at radius 3 is 2.62 bits per heavy atom. The molecule has 0 aliphatic heterocycles. The minimum atomic E-state index is -0.785. The van der Waals surface area contributed by atoms with Gasteiger partial charge in [-0.2, -0.15) is 5.10 Å². The fourth-order valence-corrected chi connectivity index (χ4v) is 3.39. The molecule has 0 bridgehead atoms. The maximum Gasteiger partial charge on any atom is 0.304 e. The zero-order valence-electron chi connectivity index (χ0n) is 12.5. The van der Waals surface area contributed by atoms with Crippen LogP contribution in [0.1, 0.15) is 26.0 Å². The maximum atomic E-state index is 12.2. The van der Waals surface area contributed by atoms with Crippen LogP contribution in [0.5, 0.6) is 0 Å². The monoisotopic (exact) mass is 331 g/mol. The van der Waals surface area contributed by atoms with Gasteiger partial charge < -0.3 is 10.4 Å². The highest BCUT2D eigenvalue weighted by Crippen LogP contribution is 2.21. The molecule has 0 aliphatic carbocycles. The van der Waals surface area contributed by atoms with E-state index in [0.29, 0.717) is 12.3 Å². The summed E-state index contributed by atoms with van der Waals surface area (Å²) in [4.78, 5) is 22.5. The van der Waals surface area contributed by atoms with Gasteiger partial charge in [0, 0.05) is 24.2 Å². The van der Waals surface area contributed by atoms with E-state index in [1.165, 1.54) is 10.8 Å². The summed E-state index contributed by atoms with van der Waals surface area (Å²) in [5.74, 6) is 0.449. The molecule has 0 radical (unpaired) electrons. The van der Waals surface area contributed by atoms with Gasteiger partial charge in [-0.3, -0.25) is 14.3 Å². The summed E-state index contributed by atoms with van der Waals surface area (Å²) in [6.45, 7) is 6.08. The van der Waals surface area contributed by atoms with Crippen molar-refractivity contribution in [1.29, 1.82) is 0 Å². The van der Waals surface area contributed by atoms with Crippen LogP contribution in [0.15, 0.2) is 12.3 Å². The third-order valence-electron chi connectivity index (χ3n) is 2.80. The second kappa shape index (κ2) is 8.33. The second-order valence-corrected chi connectivity index (χ2v) is 7.71. The SMILES string of the molecule is Cc1ccn(C(C)(C)C(=O)NCCSSCCC(=O)O)n1. The fourth-order valence-electron chi connectivity index (χ4n) is 1.50. The topological polar surface area (TPSA) is 84.2 Å². The van der Waals surface area contributed by atoms with Crippen molar-refractivity contribution in [2.45, 2.75) is 32.7 Å². The van der Waals surface area contributed by atoms with Crippen molar-refractivity contribution in [3.63, 3.8) is 0 Å². The molecular weight excluding hydrogens is 310 g/mol. The van der Waals surface area contributed by atoms with Crippen LogP contribution in [0.4, 0.5) is 0 Å². The highest BCUT2D eigenvalue weighted by Gasteiger charge is 2.29. The van der Waals surface area contributed by atoms with Crippen LogP contribution < -0.4 is 5.32 Å². The summed E-state index contributed by atoms with van der Waals surface area (Å²) in [7, 11) is 3.07. The zero-order valence-corrected chi connectivity index (χ0v) is 14.1. The number of nitrogens with zero attached hydrogens (tertiary/aromatic N) is 2. The van der Waals surface area contributed by atoms with Gasteiger partial charge in [-0.1, -0.05) is 21.6 Å². The molecule has 21 heavy (non-hydrogen) atoms. The fraction of sp³-hybridized carbons (Fsp3) is 0.615. The highest BCUT2D eigenvalue weighted by molar-refractivity contribution is 8.76. The largest absolute Gasteiger partial charge is 0.481 e. The lowest BCUT2D eigenvalue weighted by atomic mass is 10.1.